The summed E-state index contributed by atoms with van der Waals surface area (Å²) in [6.45, 7) is 0.204. The van der Waals surface area contributed by atoms with Gasteiger partial charge in [-0.15, -0.1) is 0 Å². The molecule has 1 saturated heterocycles. The van der Waals surface area contributed by atoms with Gasteiger partial charge in [-0.1, -0.05) is 0 Å². The molecule has 0 amide bonds. The molecular weight excluding hydrogens is 308 g/mol. The predicted molar refractivity (Wildman–Crippen MR) is 80.3 cm³/mol. The zero-order chi connectivity index (χ0) is 15.9. The van der Waals surface area contributed by atoms with Crippen molar-refractivity contribution in [3.05, 3.63) is 18.6 Å². The van der Waals surface area contributed by atoms with Crippen molar-refractivity contribution in [2.45, 2.75) is 17.7 Å². The minimum absolute atomic E-state index is 0.196. The van der Waals surface area contributed by atoms with Crippen molar-refractivity contribution in [3.8, 4) is 0 Å². The predicted octanol–water partition coefficient (Wildman–Crippen LogP) is 0.123. The van der Waals surface area contributed by atoms with Crippen LogP contribution in [-0.4, -0.2) is 60.5 Å². The van der Waals surface area contributed by atoms with Gasteiger partial charge in [-0.05, 0) is 12.5 Å². The van der Waals surface area contributed by atoms with Crippen LogP contribution in [0.15, 0.2) is 18.6 Å². The molecule has 1 fully saturated rings. The minimum Gasteiger partial charge on any atom is -0.467 e. The van der Waals surface area contributed by atoms with Gasteiger partial charge in [-0.3, -0.25) is 0 Å². The second kappa shape index (κ2) is 5.24. The first-order valence-corrected chi connectivity index (χ1v) is 8.68. The number of carbonyl (C=O) groups excluding carboxylic acids is 1. The monoisotopic (exact) mass is 324 g/mol. The van der Waals surface area contributed by atoms with Gasteiger partial charge in [0.25, 0.3) is 0 Å². The van der Waals surface area contributed by atoms with Crippen LogP contribution in [0.3, 0.4) is 0 Å². The molecule has 0 bridgehead atoms. The Balaban J connectivity index is 2.06. The van der Waals surface area contributed by atoms with Crippen LogP contribution in [0.4, 0.5) is 5.82 Å². The van der Waals surface area contributed by atoms with Gasteiger partial charge in [0.2, 0.25) is 0 Å². The lowest BCUT2D eigenvalue weighted by Crippen LogP contribution is -2.37. The van der Waals surface area contributed by atoms with Crippen molar-refractivity contribution in [1.29, 1.82) is 0 Å². The first-order valence-electron chi connectivity index (χ1n) is 6.73. The number of esters is 1. The van der Waals surface area contributed by atoms with Crippen LogP contribution in [0.1, 0.15) is 6.42 Å². The molecule has 0 spiro atoms. The molecule has 2 atom stereocenters. The van der Waals surface area contributed by atoms with E-state index in [4.69, 9.17) is 4.74 Å². The van der Waals surface area contributed by atoms with E-state index in [9.17, 15) is 13.2 Å². The number of nitrogens with one attached hydrogen (secondary N) is 1. The molecular formula is C13H16N4O4S. The highest BCUT2D eigenvalue weighted by Gasteiger charge is 2.43. The van der Waals surface area contributed by atoms with E-state index in [1.165, 1.54) is 19.7 Å². The van der Waals surface area contributed by atoms with Crippen LogP contribution in [0, 0.1) is 0 Å². The van der Waals surface area contributed by atoms with E-state index in [-0.39, 0.29) is 13.0 Å². The third-order valence-electron chi connectivity index (χ3n) is 3.95. The summed E-state index contributed by atoms with van der Waals surface area (Å²) in [7, 11) is -1.97. The molecule has 2 aromatic rings. The van der Waals surface area contributed by atoms with E-state index in [0.717, 1.165) is 5.39 Å². The van der Waals surface area contributed by atoms with Crippen molar-refractivity contribution in [1.82, 2.24) is 15.0 Å². The van der Waals surface area contributed by atoms with Crippen LogP contribution in [0.2, 0.25) is 0 Å². The number of hydrogen-bond acceptors (Lipinski definition) is 7. The summed E-state index contributed by atoms with van der Waals surface area (Å²) in [5, 5.41) is 0.117. The molecule has 2 aromatic heterocycles. The minimum atomic E-state index is -3.26. The molecule has 3 heterocycles. The summed E-state index contributed by atoms with van der Waals surface area (Å²) in [6, 6.07) is 1.13. The Bertz CT molecular complexity index is 816. The van der Waals surface area contributed by atoms with Gasteiger partial charge >= 0.3 is 5.97 Å². The average Bonchev–Trinajstić information content (AvgIpc) is 3.11. The topological polar surface area (TPSA) is 105 Å². The number of hydrogen-bond donors (Lipinski definition) is 1. The van der Waals surface area contributed by atoms with Crippen LogP contribution in [0.5, 0.6) is 0 Å². The highest BCUT2D eigenvalue weighted by Crippen LogP contribution is 2.32. The summed E-state index contributed by atoms with van der Waals surface area (Å²) in [6.07, 6.45) is 4.49. The number of sulfone groups is 1. The maximum Gasteiger partial charge on any atom is 0.328 e. The van der Waals surface area contributed by atoms with E-state index in [0.29, 0.717) is 11.5 Å². The van der Waals surface area contributed by atoms with Gasteiger partial charge in [0, 0.05) is 19.0 Å². The number of H-pyrrole nitrogens is 1. The third-order valence-corrected chi connectivity index (χ3v) is 5.50. The van der Waals surface area contributed by atoms with Crippen LogP contribution in [-0.2, 0) is 19.4 Å². The number of methoxy groups -OCH3 is 1. The number of anilines is 1. The van der Waals surface area contributed by atoms with Crippen LogP contribution < -0.4 is 4.90 Å². The van der Waals surface area contributed by atoms with Crippen LogP contribution >= 0.6 is 0 Å². The van der Waals surface area contributed by atoms with Crippen molar-refractivity contribution in [2.24, 2.45) is 0 Å². The highest BCUT2D eigenvalue weighted by molar-refractivity contribution is 7.91. The summed E-state index contributed by atoms with van der Waals surface area (Å²) in [5.41, 5.74) is 0.636. The van der Waals surface area contributed by atoms with Crippen LogP contribution in [0.25, 0.3) is 11.0 Å². The number of aromatic amines is 1. The second-order valence-corrected chi connectivity index (χ2v) is 7.64. The molecule has 0 radical (unpaired) electrons. The molecule has 1 aliphatic rings. The summed E-state index contributed by atoms with van der Waals surface area (Å²) in [4.78, 5) is 25.0. The second-order valence-electron chi connectivity index (χ2n) is 5.32. The molecule has 1 N–H and O–H groups in total. The van der Waals surface area contributed by atoms with Crippen molar-refractivity contribution < 1.29 is 17.9 Å². The maximum absolute atomic E-state index is 12.0. The molecule has 9 heteroatoms. The largest absolute Gasteiger partial charge is 0.467 e. The van der Waals surface area contributed by atoms with Gasteiger partial charge in [-0.2, -0.15) is 0 Å². The summed E-state index contributed by atoms with van der Waals surface area (Å²) in [5.74, 6) is 0.0706. The maximum atomic E-state index is 12.0. The lowest BCUT2D eigenvalue weighted by molar-refractivity contribution is -0.141. The van der Waals surface area contributed by atoms with Crippen molar-refractivity contribution >= 4 is 32.7 Å². The molecule has 8 nitrogen and oxygen atoms in total. The molecule has 0 unspecified atom stereocenters. The number of nitrogens with zero attached hydrogens (tertiary/aromatic N) is 3. The van der Waals surface area contributed by atoms with E-state index in [1.54, 1.807) is 17.2 Å². The van der Waals surface area contributed by atoms with E-state index >= 15 is 0 Å². The summed E-state index contributed by atoms with van der Waals surface area (Å²) >= 11 is 0. The van der Waals surface area contributed by atoms with E-state index < -0.39 is 27.1 Å². The van der Waals surface area contributed by atoms with Crippen molar-refractivity contribution in [2.75, 3.05) is 24.8 Å². The molecule has 118 valence electrons. The Morgan fingerprint density at radius 1 is 1.45 bits per heavy atom. The third kappa shape index (κ3) is 2.41. The number of rotatable bonds is 3. The van der Waals surface area contributed by atoms with Gasteiger partial charge in [0.15, 0.2) is 9.84 Å². The fourth-order valence-electron chi connectivity index (χ4n) is 2.79. The van der Waals surface area contributed by atoms with Crippen molar-refractivity contribution in [3.63, 3.8) is 0 Å². The Morgan fingerprint density at radius 3 is 2.91 bits per heavy atom. The van der Waals surface area contributed by atoms with E-state index in [1.807, 2.05) is 0 Å². The highest BCUT2D eigenvalue weighted by atomic mass is 32.2. The van der Waals surface area contributed by atoms with Gasteiger partial charge in [0.1, 0.15) is 23.8 Å². The molecule has 1 aliphatic heterocycles. The number of aromatic nitrogens is 3. The Hall–Kier alpha value is -2.16. The molecule has 0 aliphatic carbocycles. The van der Waals surface area contributed by atoms with Gasteiger partial charge < -0.3 is 14.6 Å². The SMILES string of the molecule is COC(=O)[C@@H]1C[C@@H](S(C)(=O)=O)CN1c1ncnc2[nH]ccc12. The standard InChI is InChI=1S/C13H16N4O4S/c1-21-13(18)10-5-8(22(2,19)20)6-17(10)12-9-3-4-14-11(9)15-7-16-12/h3-4,7-8,10H,5-6H2,1-2H3,(H,14,15,16)/t8-,10+/m1/s1. The van der Waals surface area contributed by atoms with Gasteiger partial charge in [0.05, 0.1) is 17.7 Å². The summed E-state index contributed by atoms with van der Waals surface area (Å²) < 4.78 is 28.5. The smallest absolute Gasteiger partial charge is 0.328 e. The van der Waals surface area contributed by atoms with E-state index in [2.05, 4.69) is 15.0 Å². The number of fused-ring (bicyclic) bond motifs is 1. The molecule has 22 heavy (non-hydrogen) atoms. The Morgan fingerprint density at radius 2 is 2.23 bits per heavy atom. The first-order chi connectivity index (χ1) is 10.4. The zero-order valence-corrected chi connectivity index (χ0v) is 13.0. The number of ether oxygens (including phenoxy) is 1. The lowest BCUT2D eigenvalue weighted by atomic mass is 10.2. The Labute approximate surface area is 127 Å². The molecule has 3 rings (SSSR count). The lowest BCUT2D eigenvalue weighted by Gasteiger charge is -2.23. The normalized spacial score (nSPS) is 22.2. The molecule has 0 saturated carbocycles. The van der Waals surface area contributed by atoms with Gasteiger partial charge in [-0.25, -0.2) is 23.2 Å². The fourth-order valence-corrected chi connectivity index (χ4v) is 3.75. The quantitative estimate of drug-likeness (QED) is 0.800. The number of carbonyl (C=O) groups is 1. The Kier molecular flexibility index (Phi) is 3.51. The fraction of sp³-hybridized carbons (Fsp3) is 0.462. The average molecular weight is 324 g/mol. The zero-order valence-electron chi connectivity index (χ0n) is 12.2. The first kappa shape index (κ1) is 14.8. The molecule has 0 aromatic carbocycles.